The molecule has 0 aliphatic carbocycles. The second kappa shape index (κ2) is 10.4. The van der Waals surface area contributed by atoms with E-state index < -0.39 is 30.9 Å². The number of ketones is 1. The highest BCUT2D eigenvalue weighted by Gasteiger charge is 2.14. The summed E-state index contributed by atoms with van der Waals surface area (Å²) in [5.74, 6) is -2.12. The van der Waals surface area contributed by atoms with Crippen molar-refractivity contribution in [2.24, 2.45) is 0 Å². The Labute approximate surface area is 183 Å². The molecule has 8 heteroatoms. The molecular weight excluding hydrogens is 420 g/mol. The Morgan fingerprint density at radius 3 is 2.29 bits per heavy atom. The molecule has 3 aromatic rings. The minimum atomic E-state index is -0.758. The first-order chi connectivity index (χ1) is 14.9. The number of amides is 2. The van der Waals surface area contributed by atoms with E-state index in [0.29, 0.717) is 16.1 Å². The molecule has 0 atom stereocenters. The summed E-state index contributed by atoms with van der Waals surface area (Å²) in [6, 6.07) is 18.9. The van der Waals surface area contributed by atoms with Crippen molar-refractivity contribution >= 4 is 45.9 Å². The molecule has 3 rings (SSSR count). The lowest BCUT2D eigenvalue weighted by molar-refractivity contribution is -0.142. The van der Waals surface area contributed by atoms with Gasteiger partial charge in [0, 0.05) is 16.1 Å². The predicted octanol–water partition coefficient (Wildman–Crippen LogP) is 2.77. The number of halogens is 1. The predicted molar refractivity (Wildman–Crippen MR) is 116 cm³/mol. The van der Waals surface area contributed by atoms with Crippen LogP contribution in [0.15, 0.2) is 66.7 Å². The van der Waals surface area contributed by atoms with Crippen LogP contribution in [0.1, 0.15) is 20.7 Å². The van der Waals surface area contributed by atoms with Gasteiger partial charge < -0.3 is 15.4 Å². The zero-order chi connectivity index (χ0) is 22.2. The van der Waals surface area contributed by atoms with Crippen LogP contribution in [0.25, 0.3) is 10.8 Å². The number of Topliss-reactive ketones (excluding diaryl/α,β-unsaturated/α-hetero) is 1. The van der Waals surface area contributed by atoms with Crippen molar-refractivity contribution in [3.63, 3.8) is 0 Å². The fraction of sp³-hybridized carbons (Fsp3) is 0.130. The van der Waals surface area contributed by atoms with Crippen LogP contribution in [-0.4, -0.2) is 43.3 Å². The third-order valence-corrected chi connectivity index (χ3v) is 4.65. The Morgan fingerprint density at radius 2 is 1.52 bits per heavy atom. The third kappa shape index (κ3) is 6.13. The highest BCUT2D eigenvalue weighted by molar-refractivity contribution is 6.30. The van der Waals surface area contributed by atoms with Crippen LogP contribution in [0.2, 0.25) is 5.02 Å². The van der Waals surface area contributed by atoms with E-state index in [1.165, 1.54) is 12.1 Å². The molecule has 0 spiro atoms. The Balaban J connectivity index is 1.41. The number of hydrogen-bond donors (Lipinski definition) is 2. The summed E-state index contributed by atoms with van der Waals surface area (Å²) in [6.07, 6.45) is 0. The molecule has 3 aromatic carbocycles. The average molecular weight is 439 g/mol. The van der Waals surface area contributed by atoms with Crippen LogP contribution >= 0.6 is 11.6 Å². The first-order valence-electron chi connectivity index (χ1n) is 9.41. The van der Waals surface area contributed by atoms with E-state index in [4.69, 9.17) is 16.3 Å². The maximum atomic E-state index is 12.4. The van der Waals surface area contributed by atoms with Crippen LogP contribution in [0, 0.1) is 0 Å². The second-order valence-electron chi connectivity index (χ2n) is 6.58. The molecule has 0 fully saturated rings. The lowest BCUT2D eigenvalue weighted by Crippen LogP contribution is -2.39. The molecule has 0 saturated heterocycles. The third-order valence-electron chi connectivity index (χ3n) is 4.40. The number of nitrogens with one attached hydrogen (secondary N) is 2. The molecule has 2 amide bonds. The monoisotopic (exact) mass is 438 g/mol. The number of fused-ring (bicyclic) bond motifs is 1. The van der Waals surface area contributed by atoms with Gasteiger partial charge in [0.2, 0.25) is 11.7 Å². The van der Waals surface area contributed by atoms with Crippen molar-refractivity contribution in [2.75, 3.05) is 19.7 Å². The molecule has 0 heterocycles. The summed E-state index contributed by atoms with van der Waals surface area (Å²) in [5, 5.41) is 6.94. The lowest BCUT2D eigenvalue weighted by Gasteiger charge is -2.09. The van der Waals surface area contributed by atoms with Crippen molar-refractivity contribution in [1.29, 1.82) is 0 Å². The number of rotatable bonds is 8. The van der Waals surface area contributed by atoms with E-state index in [-0.39, 0.29) is 12.3 Å². The van der Waals surface area contributed by atoms with Gasteiger partial charge in [-0.15, -0.1) is 0 Å². The number of ether oxygens (including phenoxy) is 1. The summed E-state index contributed by atoms with van der Waals surface area (Å²) in [6.45, 7) is -1.17. The van der Waals surface area contributed by atoms with Gasteiger partial charge >= 0.3 is 5.97 Å². The Hall–Kier alpha value is -3.71. The molecule has 0 saturated carbocycles. The fourth-order valence-electron chi connectivity index (χ4n) is 2.84. The van der Waals surface area contributed by atoms with Crippen LogP contribution < -0.4 is 10.6 Å². The molecule has 0 unspecified atom stereocenters. The summed E-state index contributed by atoms with van der Waals surface area (Å²) >= 11 is 5.76. The number of esters is 1. The van der Waals surface area contributed by atoms with Crippen LogP contribution in [0.4, 0.5) is 0 Å². The Kier molecular flexibility index (Phi) is 7.35. The first kappa shape index (κ1) is 22.0. The van der Waals surface area contributed by atoms with E-state index in [1.807, 2.05) is 30.3 Å². The molecule has 158 valence electrons. The van der Waals surface area contributed by atoms with Crippen molar-refractivity contribution in [3.8, 4) is 0 Å². The quantitative estimate of drug-likeness (QED) is 0.416. The van der Waals surface area contributed by atoms with Gasteiger partial charge in [0.25, 0.3) is 5.91 Å². The normalized spacial score (nSPS) is 10.4. The van der Waals surface area contributed by atoms with Gasteiger partial charge in [-0.1, -0.05) is 54.1 Å². The highest BCUT2D eigenvalue weighted by atomic mass is 35.5. The van der Waals surface area contributed by atoms with Crippen LogP contribution in [0.3, 0.4) is 0 Å². The van der Waals surface area contributed by atoms with Gasteiger partial charge in [0.15, 0.2) is 6.61 Å². The largest absolute Gasteiger partial charge is 0.456 e. The molecule has 0 aliphatic heterocycles. The lowest BCUT2D eigenvalue weighted by atomic mass is 10.0. The van der Waals surface area contributed by atoms with Crippen LogP contribution in [-0.2, 0) is 14.3 Å². The number of carbonyl (C=O) groups excluding carboxylic acids is 4. The van der Waals surface area contributed by atoms with Crippen molar-refractivity contribution in [2.45, 2.75) is 0 Å². The van der Waals surface area contributed by atoms with Gasteiger partial charge in [0.05, 0.1) is 6.54 Å². The first-order valence-corrected chi connectivity index (χ1v) is 9.79. The van der Waals surface area contributed by atoms with E-state index in [2.05, 4.69) is 10.6 Å². The average Bonchev–Trinajstić information content (AvgIpc) is 2.79. The summed E-state index contributed by atoms with van der Waals surface area (Å²) in [5.41, 5.74) is 0.809. The minimum absolute atomic E-state index is 0.316. The molecule has 0 aromatic heterocycles. The molecule has 31 heavy (non-hydrogen) atoms. The van der Waals surface area contributed by atoms with Crippen molar-refractivity contribution < 1.29 is 23.9 Å². The minimum Gasteiger partial charge on any atom is -0.456 e. The number of carbonyl (C=O) groups is 4. The van der Waals surface area contributed by atoms with Gasteiger partial charge in [0.1, 0.15) is 6.54 Å². The molecule has 0 radical (unpaired) electrons. The molecule has 7 nitrogen and oxygen atoms in total. The summed E-state index contributed by atoms with van der Waals surface area (Å²) in [7, 11) is 0. The SMILES string of the molecule is O=C(CNC(=O)c1ccc(Cl)cc1)NCC(=O)OCC(=O)c1cccc2ccccc12. The van der Waals surface area contributed by atoms with E-state index >= 15 is 0 Å². The topological polar surface area (TPSA) is 102 Å². The molecule has 0 aliphatic rings. The van der Waals surface area contributed by atoms with Gasteiger partial charge in [-0.05, 0) is 35.0 Å². The summed E-state index contributed by atoms with van der Waals surface area (Å²) < 4.78 is 4.96. The Bertz CT molecular complexity index is 1120. The zero-order valence-electron chi connectivity index (χ0n) is 16.4. The molecular formula is C23H19ClN2O5. The maximum Gasteiger partial charge on any atom is 0.325 e. The van der Waals surface area contributed by atoms with E-state index in [9.17, 15) is 19.2 Å². The maximum absolute atomic E-state index is 12.4. The van der Waals surface area contributed by atoms with Gasteiger partial charge in [-0.2, -0.15) is 0 Å². The fourth-order valence-corrected chi connectivity index (χ4v) is 2.97. The van der Waals surface area contributed by atoms with E-state index in [0.717, 1.165) is 10.8 Å². The van der Waals surface area contributed by atoms with E-state index in [1.54, 1.807) is 24.3 Å². The van der Waals surface area contributed by atoms with Gasteiger partial charge in [-0.3, -0.25) is 19.2 Å². The highest BCUT2D eigenvalue weighted by Crippen LogP contribution is 2.19. The Morgan fingerprint density at radius 1 is 0.806 bits per heavy atom. The second-order valence-corrected chi connectivity index (χ2v) is 7.01. The number of benzene rings is 3. The van der Waals surface area contributed by atoms with Crippen LogP contribution in [0.5, 0.6) is 0 Å². The number of hydrogen-bond acceptors (Lipinski definition) is 5. The standard InChI is InChI=1S/C23H19ClN2O5/c24-17-10-8-16(9-11-17)23(30)26-12-21(28)25-13-22(29)31-14-20(27)19-7-3-5-15-4-1-2-6-18(15)19/h1-11H,12-14H2,(H,25,28)(H,26,30). The molecule has 2 N–H and O–H groups in total. The summed E-state index contributed by atoms with van der Waals surface area (Å²) in [4.78, 5) is 48.0. The van der Waals surface area contributed by atoms with Crippen molar-refractivity contribution in [3.05, 3.63) is 82.9 Å². The molecule has 0 bridgehead atoms. The smallest absolute Gasteiger partial charge is 0.325 e. The van der Waals surface area contributed by atoms with Crippen molar-refractivity contribution in [1.82, 2.24) is 10.6 Å². The van der Waals surface area contributed by atoms with Gasteiger partial charge in [-0.25, -0.2) is 0 Å². The zero-order valence-corrected chi connectivity index (χ0v) is 17.1.